The molecule has 0 radical (unpaired) electrons. The van der Waals surface area contributed by atoms with Crippen molar-refractivity contribution in [3.8, 4) is 56.4 Å². The molecule has 0 bridgehead atoms. The highest BCUT2D eigenvalue weighted by Gasteiger charge is 2.20. The first-order valence-electron chi connectivity index (χ1n) is 18.0. The van der Waals surface area contributed by atoms with Gasteiger partial charge in [-0.05, 0) is 133 Å². The van der Waals surface area contributed by atoms with Gasteiger partial charge < -0.3 is 0 Å². The van der Waals surface area contributed by atoms with Gasteiger partial charge in [0.15, 0.2) is 0 Å². The van der Waals surface area contributed by atoms with Crippen molar-refractivity contribution in [2.45, 2.75) is 19.8 Å². The summed E-state index contributed by atoms with van der Waals surface area (Å²) in [6, 6.07) is 42.8. The standard InChI is InChI=1S/C48H35N5/c1-3-5-6-13-36-26-34(27-44(52-36)41-14-7-10-21-49-41)39-30-40(38-20-18-33-25-31(4-2)24-32-17-19-37(39)48(38)47(32)33)35-28-45(42-15-8-11-22-50-42)53-46(29-35)43-16-9-12-23-51-43/h3,5-12,14-30H,1,4,13H2,2H3/b6-5-. The van der Waals surface area contributed by atoms with E-state index in [-0.39, 0.29) is 0 Å². The van der Waals surface area contributed by atoms with Crippen LogP contribution in [0.15, 0.2) is 165 Å². The lowest BCUT2D eigenvalue weighted by Crippen LogP contribution is -1.97. The first-order chi connectivity index (χ1) is 26.2. The fourth-order valence-electron chi connectivity index (χ4n) is 7.42. The quantitative estimate of drug-likeness (QED) is 0.112. The first kappa shape index (κ1) is 32.1. The number of aryl methyl sites for hydroxylation is 1. The summed E-state index contributed by atoms with van der Waals surface area (Å²) in [4.78, 5) is 24.3. The normalized spacial score (nSPS) is 11.6. The van der Waals surface area contributed by atoms with Crippen molar-refractivity contribution in [1.82, 2.24) is 24.9 Å². The van der Waals surface area contributed by atoms with E-state index in [2.05, 4.69) is 86.3 Å². The van der Waals surface area contributed by atoms with Gasteiger partial charge in [0.2, 0.25) is 0 Å². The zero-order valence-electron chi connectivity index (χ0n) is 29.4. The summed E-state index contributed by atoms with van der Waals surface area (Å²) >= 11 is 0. The van der Waals surface area contributed by atoms with Crippen molar-refractivity contribution < 1.29 is 0 Å². The summed E-state index contributed by atoms with van der Waals surface area (Å²) < 4.78 is 0. The lowest BCUT2D eigenvalue weighted by Gasteiger charge is -2.20. The minimum Gasteiger partial charge on any atom is -0.255 e. The zero-order chi connectivity index (χ0) is 35.7. The Morgan fingerprint density at radius 3 is 1.55 bits per heavy atom. The van der Waals surface area contributed by atoms with Crippen LogP contribution in [0.2, 0.25) is 0 Å². The molecule has 4 aromatic carbocycles. The summed E-state index contributed by atoms with van der Waals surface area (Å²) in [5, 5.41) is 7.40. The lowest BCUT2D eigenvalue weighted by molar-refractivity contribution is 1.10. The predicted molar refractivity (Wildman–Crippen MR) is 219 cm³/mol. The molecule has 0 aliphatic carbocycles. The highest BCUT2D eigenvalue weighted by Crippen LogP contribution is 2.45. The van der Waals surface area contributed by atoms with Gasteiger partial charge in [0.25, 0.3) is 0 Å². The maximum Gasteiger partial charge on any atom is 0.0900 e. The molecule has 0 amide bonds. The van der Waals surface area contributed by atoms with Crippen LogP contribution in [0, 0.1) is 0 Å². The molecule has 0 spiro atoms. The Morgan fingerprint density at radius 2 is 1.06 bits per heavy atom. The average Bonchev–Trinajstić information content (AvgIpc) is 3.23. The number of benzene rings is 4. The van der Waals surface area contributed by atoms with Gasteiger partial charge >= 0.3 is 0 Å². The Balaban J connectivity index is 1.38. The molecular formula is C48H35N5. The third kappa shape index (κ3) is 6.02. The smallest absolute Gasteiger partial charge is 0.0900 e. The van der Waals surface area contributed by atoms with Crippen LogP contribution in [0.4, 0.5) is 0 Å². The van der Waals surface area contributed by atoms with Gasteiger partial charge in [-0.25, -0.2) is 4.98 Å². The van der Waals surface area contributed by atoms with Crippen molar-refractivity contribution in [1.29, 1.82) is 0 Å². The summed E-state index contributed by atoms with van der Waals surface area (Å²) in [6.07, 6.45) is 13.0. The molecule has 0 unspecified atom stereocenters. The second kappa shape index (κ2) is 13.7. The van der Waals surface area contributed by atoms with Crippen molar-refractivity contribution in [3.63, 3.8) is 0 Å². The molecule has 9 aromatic rings. The maximum absolute atomic E-state index is 5.10. The van der Waals surface area contributed by atoms with Crippen LogP contribution in [0.1, 0.15) is 18.2 Å². The van der Waals surface area contributed by atoms with Crippen LogP contribution in [-0.2, 0) is 12.8 Å². The molecule has 0 saturated heterocycles. The van der Waals surface area contributed by atoms with Gasteiger partial charge in [0.05, 0.1) is 34.2 Å². The number of hydrogen-bond donors (Lipinski definition) is 0. The van der Waals surface area contributed by atoms with Gasteiger partial charge in [0.1, 0.15) is 0 Å². The van der Waals surface area contributed by atoms with Crippen molar-refractivity contribution in [3.05, 3.63) is 176 Å². The molecule has 0 N–H and O–H groups in total. The van der Waals surface area contributed by atoms with Crippen LogP contribution >= 0.6 is 0 Å². The van der Waals surface area contributed by atoms with E-state index >= 15 is 0 Å². The fourth-order valence-corrected chi connectivity index (χ4v) is 7.42. The molecule has 53 heavy (non-hydrogen) atoms. The SMILES string of the molecule is C=C/C=C\Cc1cc(-c2cc(-c3cc(-c4ccccn4)nc(-c4ccccn4)c3)c3ccc4cc(CC)cc5ccc2c3c54)cc(-c2ccccn2)n1. The van der Waals surface area contributed by atoms with E-state index in [9.17, 15) is 0 Å². The topological polar surface area (TPSA) is 64.5 Å². The molecule has 5 aromatic heterocycles. The van der Waals surface area contributed by atoms with Gasteiger partial charge in [-0.1, -0.05) is 86.3 Å². The Morgan fingerprint density at radius 1 is 0.528 bits per heavy atom. The Bertz CT molecular complexity index is 2720. The molecule has 5 nitrogen and oxygen atoms in total. The Hall–Kier alpha value is -6.85. The van der Waals surface area contributed by atoms with Crippen molar-refractivity contribution >= 4 is 32.3 Å². The van der Waals surface area contributed by atoms with E-state index in [1.54, 1.807) is 6.08 Å². The molecule has 0 aliphatic rings. The highest BCUT2D eigenvalue weighted by atomic mass is 14.8. The number of rotatable bonds is 9. The zero-order valence-corrected chi connectivity index (χ0v) is 29.4. The van der Waals surface area contributed by atoms with Crippen LogP contribution < -0.4 is 0 Å². The molecule has 0 aliphatic heterocycles. The van der Waals surface area contributed by atoms with E-state index in [1.807, 2.05) is 79.3 Å². The second-order valence-electron chi connectivity index (χ2n) is 13.2. The van der Waals surface area contributed by atoms with E-state index in [1.165, 1.54) is 37.9 Å². The molecule has 0 saturated carbocycles. The largest absolute Gasteiger partial charge is 0.255 e. The first-order valence-corrected chi connectivity index (χ1v) is 18.0. The van der Waals surface area contributed by atoms with Crippen LogP contribution in [0.5, 0.6) is 0 Å². The predicted octanol–water partition coefficient (Wildman–Crippen LogP) is 11.7. The van der Waals surface area contributed by atoms with Crippen LogP contribution in [0.25, 0.3) is 88.7 Å². The molecular weight excluding hydrogens is 647 g/mol. The van der Waals surface area contributed by atoms with Gasteiger partial charge in [0, 0.05) is 30.7 Å². The summed E-state index contributed by atoms with van der Waals surface area (Å²) in [5.74, 6) is 0. The minimum atomic E-state index is 0.670. The second-order valence-corrected chi connectivity index (χ2v) is 13.2. The van der Waals surface area contributed by atoms with Crippen molar-refractivity contribution in [2.75, 3.05) is 0 Å². The van der Waals surface area contributed by atoms with E-state index in [0.717, 1.165) is 68.5 Å². The number of allylic oxidation sites excluding steroid dienone is 3. The molecule has 252 valence electrons. The van der Waals surface area contributed by atoms with E-state index in [0.29, 0.717) is 6.42 Å². The molecule has 5 heterocycles. The third-order valence-electron chi connectivity index (χ3n) is 9.89. The van der Waals surface area contributed by atoms with Gasteiger partial charge in [-0.3, -0.25) is 19.9 Å². The van der Waals surface area contributed by atoms with Gasteiger partial charge in [-0.15, -0.1) is 0 Å². The van der Waals surface area contributed by atoms with Crippen molar-refractivity contribution in [2.24, 2.45) is 0 Å². The summed E-state index contributed by atoms with van der Waals surface area (Å²) in [6.45, 7) is 6.08. The lowest BCUT2D eigenvalue weighted by atomic mass is 9.84. The van der Waals surface area contributed by atoms with E-state index < -0.39 is 0 Å². The number of nitrogens with zero attached hydrogens (tertiary/aromatic N) is 5. The third-order valence-corrected chi connectivity index (χ3v) is 9.89. The maximum atomic E-state index is 5.10. The van der Waals surface area contributed by atoms with Gasteiger partial charge in [-0.2, -0.15) is 0 Å². The highest BCUT2D eigenvalue weighted by molar-refractivity contribution is 6.28. The average molecular weight is 682 g/mol. The Labute approximate surface area is 308 Å². The van der Waals surface area contributed by atoms with Crippen LogP contribution in [-0.4, -0.2) is 24.9 Å². The number of hydrogen-bond acceptors (Lipinski definition) is 5. The molecule has 0 fully saturated rings. The fraction of sp³-hybridized carbons (Fsp3) is 0.0625. The monoisotopic (exact) mass is 681 g/mol. The summed E-state index contributed by atoms with van der Waals surface area (Å²) in [7, 11) is 0. The Kier molecular flexibility index (Phi) is 8.29. The molecule has 0 atom stereocenters. The summed E-state index contributed by atoms with van der Waals surface area (Å²) in [5.41, 5.74) is 11.5. The molecule has 9 rings (SSSR count). The van der Waals surface area contributed by atoms with E-state index in [4.69, 9.17) is 24.9 Å². The number of pyridine rings is 5. The minimum absolute atomic E-state index is 0.670. The number of aromatic nitrogens is 5. The van der Waals surface area contributed by atoms with Crippen LogP contribution in [0.3, 0.4) is 0 Å². The molecule has 5 heteroatoms.